The molecule has 27 heavy (non-hydrogen) atoms. The fraction of sp³-hybridized carbons (Fsp3) is 0.474. The number of nitrogens with one attached hydrogen (secondary N) is 1. The largest absolute Gasteiger partial charge is 0.460 e. The highest BCUT2D eigenvalue weighted by Crippen LogP contribution is 2.32. The number of morpholine rings is 1. The summed E-state index contributed by atoms with van der Waals surface area (Å²) in [6, 6.07) is 5.23. The third-order valence-electron chi connectivity index (χ3n) is 4.40. The first-order chi connectivity index (χ1) is 12.9. The van der Waals surface area contributed by atoms with E-state index in [-0.39, 0.29) is 0 Å². The molecule has 1 aliphatic rings. The van der Waals surface area contributed by atoms with E-state index in [1.165, 1.54) is 6.92 Å². The highest BCUT2D eigenvalue weighted by Gasteiger charge is 2.17. The van der Waals surface area contributed by atoms with Gasteiger partial charge in [0.15, 0.2) is 0 Å². The molecule has 1 saturated heterocycles. The second kappa shape index (κ2) is 8.41. The Kier molecular flexibility index (Phi) is 5.98. The molecule has 1 aliphatic heterocycles. The van der Waals surface area contributed by atoms with Crippen molar-refractivity contribution in [2.24, 2.45) is 0 Å². The van der Waals surface area contributed by atoms with Crippen molar-refractivity contribution in [3.8, 4) is 5.75 Å². The summed E-state index contributed by atoms with van der Waals surface area (Å²) in [4.78, 5) is 30.8. The van der Waals surface area contributed by atoms with Gasteiger partial charge in [0.25, 0.3) is 0 Å². The number of rotatable bonds is 6. The van der Waals surface area contributed by atoms with E-state index in [2.05, 4.69) is 9.88 Å². The Morgan fingerprint density at radius 2 is 1.96 bits per heavy atom. The van der Waals surface area contributed by atoms with Crippen molar-refractivity contribution < 1.29 is 23.8 Å². The average molecular weight is 375 g/mol. The van der Waals surface area contributed by atoms with Gasteiger partial charge in [0, 0.05) is 63.9 Å². The van der Waals surface area contributed by atoms with Gasteiger partial charge in [-0.3, -0.25) is 9.69 Å². The molecule has 1 aromatic heterocycles. The van der Waals surface area contributed by atoms with E-state index in [1.807, 2.05) is 19.0 Å². The van der Waals surface area contributed by atoms with Crippen LogP contribution in [0.5, 0.6) is 5.75 Å². The first-order valence-electron chi connectivity index (χ1n) is 8.94. The molecule has 0 spiro atoms. The van der Waals surface area contributed by atoms with Crippen LogP contribution in [-0.2, 0) is 14.3 Å². The van der Waals surface area contributed by atoms with Crippen LogP contribution in [0.2, 0.25) is 0 Å². The van der Waals surface area contributed by atoms with Gasteiger partial charge < -0.3 is 24.1 Å². The zero-order chi connectivity index (χ0) is 19.4. The van der Waals surface area contributed by atoms with Crippen LogP contribution in [0.4, 0.5) is 5.69 Å². The first kappa shape index (κ1) is 19.2. The number of nitrogens with zero attached hydrogens (tertiary/aromatic N) is 2. The third kappa shape index (κ3) is 4.78. The number of H-pyrrole nitrogens is 1. The van der Waals surface area contributed by atoms with Crippen LogP contribution >= 0.6 is 0 Å². The van der Waals surface area contributed by atoms with Gasteiger partial charge in [-0.05, 0) is 6.07 Å². The molecule has 8 heteroatoms. The quantitative estimate of drug-likeness (QED) is 0.607. The first-order valence-corrected chi connectivity index (χ1v) is 8.94. The number of fused-ring (bicyclic) bond motifs is 1. The molecular weight excluding hydrogens is 350 g/mol. The minimum Gasteiger partial charge on any atom is -0.460 e. The van der Waals surface area contributed by atoms with E-state index in [0.29, 0.717) is 43.3 Å². The monoisotopic (exact) mass is 375 g/mol. The van der Waals surface area contributed by atoms with Gasteiger partial charge in [0.1, 0.15) is 18.1 Å². The number of aromatic amines is 1. The van der Waals surface area contributed by atoms with E-state index in [1.54, 1.807) is 18.2 Å². The van der Waals surface area contributed by atoms with Crippen molar-refractivity contribution in [3.05, 3.63) is 23.9 Å². The lowest BCUT2D eigenvalue weighted by atomic mass is 10.2. The zero-order valence-electron chi connectivity index (χ0n) is 15.9. The second-order valence-corrected chi connectivity index (χ2v) is 6.66. The molecule has 2 aromatic rings. The SMILES string of the molecule is CC(=O)Oc1cc(N(C)C)c2cc(C(=O)OCCN3CCOCC3)[nH]c2c1. The molecule has 0 amide bonds. The van der Waals surface area contributed by atoms with Gasteiger partial charge in [-0.1, -0.05) is 0 Å². The molecule has 1 fully saturated rings. The van der Waals surface area contributed by atoms with Gasteiger partial charge in [-0.15, -0.1) is 0 Å². The molecule has 146 valence electrons. The number of hydrogen-bond donors (Lipinski definition) is 1. The lowest BCUT2D eigenvalue weighted by Gasteiger charge is -2.26. The Bertz CT molecular complexity index is 824. The highest BCUT2D eigenvalue weighted by molar-refractivity contribution is 6.01. The Labute approximate surface area is 158 Å². The molecule has 0 unspecified atom stereocenters. The summed E-state index contributed by atoms with van der Waals surface area (Å²) in [6.07, 6.45) is 0. The summed E-state index contributed by atoms with van der Waals surface area (Å²) in [7, 11) is 3.78. The lowest BCUT2D eigenvalue weighted by molar-refractivity contribution is -0.131. The van der Waals surface area contributed by atoms with Gasteiger partial charge in [0.05, 0.1) is 18.7 Å². The highest BCUT2D eigenvalue weighted by atomic mass is 16.5. The minimum absolute atomic E-state index is 0.327. The van der Waals surface area contributed by atoms with Crippen LogP contribution in [0.3, 0.4) is 0 Å². The van der Waals surface area contributed by atoms with E-state index >= 15 is 0 Å². The summed E-state index contributed by atoms with van der Waals surface area (Å²) in [5.74, 6) is -0.376. The molecule has 0 bridgehead atoms. The maximum atomic E-state index is 12.4. The van der Waals surface area contributed by atoms with E-state index < -0.39 is 11.9 Å². The fourth-order valence-electron chi connectivity index (χ4n) is 3.07. The van der Waals surface area contributed by atoms with Crippen molar-refractivity contribution in [2.75, 3.05) is 58.5 Å². The van der Waals surface area contributed by atoms with E-state index in [4.69, 9.17) is 14.2 Å². The number of ether oxygens (including phenoxy) is 3. The normalized spacial score (nSPS) is 14.9. The molecule has 0 saturated carbocycles. The Hall–Kier alpha value is -2.58. The standard InChI is InChI=1S/C19H25N3O5/c1-13(23)27-14-10-16-15(18(11-14)21(2)3)12-17(20-16)19(24)26-9-6-22-4-7-25-8-5-22/h10-12,20H,4-9H2,1-3H3. The number of carbonyl (C=O) groups is 2. The van der Waals surface area contributed by atoms with Crippen molar-refractivity contribution >= 4 is 28.5 Å². The van der Waals surface area contributed by atoms with Gasteiger partial charge >= 0.3 is 11.9 Å². The zero-order valence-corrected chi connectivity index (χ0v) is 15.9. The number of benzene rings is 1. The molecule has 0 atom stereocenters. The van der Waals surface area contributed by atoms with Crippen LogP contribution in [-0.4, -0.2) is 75.4 Å². The molecule has 0 radical (unpaired) electrons. The average Bonchev–Trinajstić information content (AvgIpc) is 3.05. The van der Waals surface area contributed by atoms with E-state index in [9.17, 15) is 9.59 Å². The van der Waals surface area contributed by atoms with Crippen LogP contribution in [0.25, 0.3) is 10.9 Å². The number of anilines is 1. The topological polar surface area (TPSA) is 84.1 Å². The molecule has 3 rings (SSSR count). The number of esters is 2. The predicted molar refractivity (Wildman–Crippen MR) is 101 cm³/mol. The summed E-state index contributed by atoms with van der Waals surface area (Å²) >= 11 is 0. The molecule has 0 aliphatic carbocycles. The summed E-state index contributed by atoms with van der Waals surface area (Å²) in [6.45, 7) is 5.51. The van der Waals surface area contributed by atoms with Crippen LogP contribution < -0.4 is 9.64 Å². The molecule has 8 nitrogen and oxygen atoms in total. The summed E-state index contributed by atoms with van der Waals surface area (Å²) in [5, 5.41) is 0.857. The Morgan fingerprint density at radius 1 is 1.22 bits per heavy atom. The number of hydrogen-bond acceptors (Lipinski definition) is 7. The smallest absolute Gasteiger partial charge is 0.354 e. The lowest BCUT2D eigenvalue weighted by Crippen LogP contribution is -2.38. The minimum atomic E-state index is -0.404. The molecule has 1 aromatic carbocycles. The molecule has 2 heterocycles. The predicted octanol–water partition coefficient (Wildman–Crippen LogP) is 1.65. The van der Waals surface area contributed by atoms with Crippen LogP contribution in [0.15, 0.2) is 18.2 Å². The third-order valence-corrected chi connectivity index (χ3v) is 4.40. The number of carbonyl (C=O) groups excluding carboxylic acids is 2. The molecular formula is C19H25N3O5. The molecule has 1 N–H and O–H groups in total. The van der Waals surface area contributed by atoms with Crippen LogP contribution in [0, 0.1) is 0 Å². The number of aromatic nitrogens is 1. The van der Waals surface area contributed by atoms with Crippen LogP contribution in [0.1, 0.15) is 17.4 Å². The van der Waals surface area contributed by atoms with Gasteiger partial charge in [-0.2, -0.15) is 0 Å². The summed E-state index contributed by atoms with van der Waals surface area (Å²) < 4.78 is 15.9. The van der Waals surface area contributed by atoms with Crippen molar-refractivity contribution in [2.45, 2.75) is 6.92 Å². The van der Waals surface area contributed by atoms with Crippen molar-refractivity contribution in [1.29, 1.82) is 0 Å². The fourth-order valence-corrected chi connectivity index (χ4v) is 3.07. The van der Waals surface area contributed by atoms with Gasteiger partial charge in [-0.25, -0.2) is 4.79 Å². The Balaban J connectivity index is 1.73. The van der Waals surface area contributed by atoms with Crippen molar-refractivity contribution in [1.82, 2.24) is 9.88 Å². The maximum Gasteiger partial charge on any atom is 0.354 e. The van der Waals surface area contributed by atoms with Gasteiger partial charge in [0.2, 0.25) is 0 Å². The Morgan fingerprint density at radius 3 is 2.63 bits per heavy atom. The van der Waals surface area contributed by atoms with Crippen molar-refractivity contribution in [3.63, 3.8) is 0 Å². The second-order valence-electron chi connectivity index (χ2n) is 6.66. The van der Waals surface area contributed by atoms with E-state index in [0.717, 1.165) is 24.2 Å². The maximum absolute atomic E-state index is 12.4. The summed E-state index contributed by atoms with van der Waals surface area (Å²) in [5.41, 5.74) is 1.92.